The number of benzene rings is 1. The fourth-order valence-electron chi connectivity index (χ4n) is 1.17. The molecule has 0 amide bonds. The fourth-order valence-corrected chi connectivity index (χ4v) is 1.64. The van der Waals surface area contributed by atoms with Crippen molar-refractivity contribution in [3.63, 3.8) is 0 Å². The Balaban J connectivity index is 3.34. The van der Waals surface area contributed by atoms with Crippen LogP contribution in [0.15, 0.2) is 16.6 Å². The van der Waals surface area contributed by atoms with Crippen molar-refractivity contribution in [2.24, 2.45) is 0 Å². The number of nitrogens with zero attached hydrogens (tertiary/aromatic N) is 1. The van der Waals surface area contributed by atoms with Crippen LogP contribution in [0.5, 0.6) is 0 Å². The van der Waals surface area contributed by atoms with Gasteiger partial charge in [-0.3, -0.25) is 0 Å². The highest BCUT2D eigenvalue weighted by Gasteiger charge is 2.19. The highest BCUT2D eigenvalue weighted by Crippen LogP contribution is 2.22. The summed E-state index contributed by atoms with van der Waals surface area (Å²) >= 11 is 3.09. The van der Waals surface area contributed by atoms with Crippen LogP contribution >= 0.6 is 15.9 Å². The third-order valence-electron chi connectivity index (χ3n) is 1.78. The normalized spacial score (nSPS) is 9.47. The first kappa shape index (κ1) is 11.7. The van der Waals surface area contributed by atoms with Gasteiger partial charge in [0.05, 0.1) is 7.11 Å². The number of methoxy groups -OCH3 is 1. The predicted octanol–water partition coefficient (Wildman–Crippen LogP) is 2.79. The SMILES string of the molecule is [C-]#[N+]Cc1cc(Br)cc(F)c1C(=O)OC. The first-order valence-corrected chi connectivity index (χ1v) is 4.79. The van der Waals surface area contributed by atoms with Crippen molar-refractivity contribution in [1.82, 2.24) is 0 Å². The largest absolute Gasteiger partial charge is 0.465 e. The van der Waals surface area contributed by atoms with Gasteiger partial charge in [0.15, 0.2) is 0 Å². The molecule has 15 heavy (non-hydrogen) atoms. The standard InChI is InChI=1S/C10H7BrFNO2/c1-13-5-6-3-7(11)4-8(12)9(6)10(14)15-2/h3-4H,5H2,2H3. The molecule has 0 heterocycles. The lowest BCUT2D eigenvalue weighted by Crippen LogP contribution is -2.08. The fraction of sp³-hybridized carbons (Fsp3) is 0.200. The first-order valence-electron chi connectivity index (χ1n) is 3.99. The lowest BCUT2D eigenvalue weighted by Gasteiger charge is -2.05. The predicted molar refractivity (Wildman–Crippen MR) is 55.7 cm³/mol. The van der Waals surface area contributed by atoms with Crippen molar-refractivity contribution < 1.29 is 13.9 Å². The summed E-state index contributed by atoms with van der Waals surface area (Å²) in [6.45, 7) is 6.66. The Kier molecular flexibility index (Phi) is 3.81. The second-order valence-corrected chi connectivity index (χ2v) is 3.65. The minimum absolute atomic E-state index is 0.0548. The van der Waals surface area contributed by atoms with Crippen molar-refractivity contribution in [1.29, 1.82) is 0 Å². The second-order valence-electron chi connectivity index (χ2n) is 2.73. The Morgan fingerprint density at radius 3 is 2.87 bits per heavy atom. The maximum atomic E-state index is 13.4. The van der Waals surface area contributed by atoms with Crippen molar-refractivity contribution in [2.45, 2.75) is 6.54 Å². The van der Waals surface area contributed by atoms with Crippen LogP contribution in [0.2, 0.25) is 0 Å². The van der Waals surface area contributed by atoms with Gasteiger partial charge in [0.25, 0.3) is 0 Å². The van der Waals surface area contributed by atoms with Gasteiger partial charge in [-0.1, -0.05) is 15.9 Å². The maximum Gasteiger partial charge on any atom is 0.341 e. The summed E-state index contributed by atoms with van der Waals surface area (Å²) in [5.41, 5.74) is 0.153. The molecule has 78 valence electrons. The van der Waals surface area contributed by atoms with Crippen LogP contribution in [0.4, 0.5) is 4.39 Å². The molecule has 0 saturated heterocycles. The molecule has 0 aliphatic rings. The molecule has 0 radical (unpaired) electrons. The van der Waals surface area contributed by atoms with E-state index in [-0.39, 0.29) is 12.1 Å². The highest BCUT2D eigenvalue weighted by atomic mass is 79.9. The van der Waals surface area contributed by atoms with Gasteiger partial charge >= 0.3 is 5.97 Å². The van der Waals surface area contributed by atoms with E-state index < -0.39 is 11.8 Å². The van der Waals surface area contributed by atoms with E-state index in [1.807, 2.05) is 0 Å². The Morgan fingerprint density at radius 1 is 1.67 bits per heavy atom. The number of ether oxygens (including phenoxy) is 1. The molecule has 5 heteroatoms. The topological polar surface area (TPSA) is 30.7 Å². The molecule has 1 aromatic carbocycles. The molecule has 0 aliphatic carbocycles. The van der Waals surface area contributed by atoms with E-state index in [1.54, 1.807) is 0 Å². The smallest absolute Gasteiger partial charge is 0.341 e. The van der Waals surface area contributed by atoms with Crippen LogP contribution in [0, 0.1) is 12.4 Å². The molecule has 3 nitrogen and oxygen atoms in total. The Hall–Kier alpha value is -1.41. The van der Waals surface area contributed by atoms with E-state index in [0.29, 0.717) is 10.0 Å². The van der Waals surface area contributed by atoms with Gasteiger partial charge in [-0.2, -0.15) is 0 Å². The molecular weight excluding hydrogens is 265 g/mol. The summed E-state index contributed by atoms with van der Waals surface area (Å²) < 4.78 is 18.4. The summed E-state index contributed by atoms with van der Waals surface area (Å²) in [7, 11) is 1.17. The van der Waals surface area contributed by atoms with E-state index in [9.17, 15) is 9.18 Å². The van der Waals surface area contributed by atoms with Crippen LogP contribution in [-0.4, -0.2) is 13.1 Å². The van der Waals surface area contributed by atoms with Gasteiger partial charge in [0, 0.05) is 10.0 Å². The molecule has 1 rings (SSSR count). The maximum absolute atomic E-state index is 13.4. The minimum Gasteiger partial charge on any atom is -0.465 e. The molecule has 1 aromatic rings. The third kappa shape index (κ3) is 2.54. The summed E-state index contributed by atoms with van der Waals surface area (Å²) in [5, 5.41) is 0. The number of hydrogen-bond acceptors (Lipinski definition) is 2. The third-order valence-corrected chi connectivity index (χ3v) is 2.23. The lowest BCUT2D eigenvalue weighted by atomic mass is 10.1. The summed E-state index contributed by atoms with van der Waals surface area (Å²) in [6, 6.07) is 2.70. The number of carbonyl (C=O) groups is 1. The molecule has 0 atom stereocenters. The lowest BCUT2D eigenvalue weighted by molar-refractivity contribution is 0.0594. The Bertz CT molecular complexity index is 440. The number of halogens is 2. The van der Waals surface area contributed by atoms with Crippen LogP contribution in [0.3, 0.4) is 0 Å². The van der Waals surface area contributed by atoms with Crippen LogP contribution < -0.4 is 0 Å². The van der Waals surface area contributed by atoms with Gasteiger partial charge in [-0.25, -0.2) is 15.8 Å². The van der Waals surface area contributed by atoms with Gasteiger partial charge in [-0.05, 0) is 12.1 Å². The molecular formula is C10H7BrFNO2. The van der Waals surface area contributed by atoms with Gasteiger partial charge in [-0.15, -0.1) is 0 Å². The number of hydrogen-bond donors (Lipinski definition) is 0. The Morgan fingerprint density at radius 2 is 2.33 bits per heavy atom. The minimum atomic E-state index is -0.765. The van der Waals surface area contributed by atoms with E-state index in [0.717, 1.165) is 0 Å². The van der Waals surface area contributed by atoms with Gasteiger partial charge < -0.3 is 9.58 Å². The zero-order chi connectivity index (χ0) is 11.4. The summed E-state index contributed by atoms with van der Waals surface area (Å²) in [5.74, 6) is -1.45. The van der Waals surface area contributed by atoms with Crippen molar-refractivity contribution in [2.75, 3.05) is 7.11 Å². The first-order chi connectivity index (χ1) is 7.10. The molecule has 0 fully saturated rings. The number of esters is 1. The molecule has 0 spiro atoms. The molecule has 0 bridgehead atoms. The van der Waals surface area contributed by atoms with Crippen molar-refractivity contribution in [3.05, 3.63) is 45.0 Å². The van der Waals surface area contributed by atoms with Crippen LogP contribution in [-0.2, 0) is 11.3 Å². The van der Waals surface area contributed by atoms with Gasteiger partial charge in [0.1, 0.15) is 11.4 Å². The molecule has 0 saturated carbocycles. The summed E-state index contributed by atoms with van der Waals surface area (Å²) in [6.07, 6.45) is 0. The zero-order valence-corrected chi connectivity index (χ0v) is 9.47. The van der Waals surface area contributed by atoms with Gasteiger partial charge in [0.2, 0.25) is 6.54 Å². The van der Waals surface area contributed by atoms with Crippen LogP contribution in [0.25, 0.3) is 4.85 Å². The summed E-state index contributed by atoms with van der Waals surface area (Å²) in [4.78, 5) is 14.4. The zero-order valence-electron chi connectivity index (χ0n) is 7.88. The molecule has 0 aliphatic heterocycles. The van der Waals surface area contributed by atoms with E-state index >= 15 is 0 Å². The quantitative estimate of drug-likeness (QED) is 0.612. The highest BCUT2D eigenvalue weighted by molar-refractivity contribution is 9.10. The van der Waals surface area contributed by atoms with Crippen molar-refractivity contribution in [3.8, 4) is 0 Å². The number of rotatable bonds is 2. The van der Waals surface area contributed by atoms with Crippen LogP contribution in [0.1, 0.15) is 15.9 Å². The second kappa shape index (κ2) is 4.89. The number of carbonyl (C=O) groups excluding carboxylic acids is 1. The van der Waals surface area contributed by atoms with E-state index in [4.69, 9.17) is 6.57 Å². The Labute approximate surface area is 94.8 Å². The molecule has 0 aromatic heterocycles. The van der Waals surface area contributed by atoms with E-state index in [1.165, 1.54) is 19.2 Å². The average Bonchev–Trinajstić information content (AvgIpc) is 2.16. The monoisotopic (exact) mass is 271 g/mol. The van der Waals surface area contributed by atoms with E-state index in [2.05, 4.69) is 25.5 Å². The molecule has 0 unspecified atom stereocenters. The van der Waals surface area contributed by atoms with Crippen molar-refractivity contribution >= 4 is 21.9 Å². The molecule has 0 N–H and O–H groups in total. The average molecular weight is 272 g/mol.